The molecule has 1 nitrogen and oxygen atoms in total. The summed E-state index contributed by atoms with van der Waals surface area (Å²) in [5.41, 5.74) is 0.956. The summed E-state index contributed by atoms with van der Waals surface area (Å²) in [7, 11) is 0. The number of benzene rings is 1. The summed E-state index contributed by atoms with van der Waals surface area (Å²) >= 11 is 5.87. The van der Waals surface area contributed by atoms with Gasteiger partial charge in [-0.25, -0.2) is 4.39 Å². The molecule has 2 bridgehead atoms. The highest BCUT2D eigenvalue weighted by molar-refractivity contribution is 6.30. The molecule has 1 N–H and O–H groups in total. The number of halogens is 2. The van der Waals surface area contributed by atoms with Crippen molar-refractivity contribution >= 4 is 11.6 Å². The van der Waals surface area contributed by atoms with E-state index in [9.17, 15) is 4.39 Å². The van der Waals surface area contributed by atoms with Crippen LogP contribution in [0, 0.1) is 29.5 Å². The number of nitrogens with one attached hydrogen (secondary N) is 1. The van der Waals surface area contributed by atoms with Crippen LogP contribution in [0.25, 0.3) is 0 Å². The molecule has 0 spiro atoms. The summed E-state index contributed by atoms with van der Waals surface area (Å²) in [6.45, 7) is 0.745. The second-order valence-electron chi connectivity index (χ2n) is 6.17. The van der Waals surface area contributed by atoms with Crippen molar-refractivity contribution in [2.45, 2.75) is 31.8 Å². The van der Waals surface area contributed by atoms with Gasteiger partial charge < -0.3 is 5.32 Å². The van der Waals surface area contributed by atoms with Gasteiger partial charge in [0.15, 0.2) is 0 Å². The minimum Gasteiger partial charge on any atom is -0.309 e. The van der Waals surface area contributed by atoms with Crippen LogP contribution >= 0.6 is 11.6 Å². The monoisotopic (exact) mass is 265 g/mol. The molecular formula is C15H17ClFN. The molecule has 1 aromatic rings. The Morgan fingerprint density at radius 1 is 1.17 bits per heavy atom. The first-order valence-electron chi connectivity index (χ1n) is 6.91. The van der Waals surface area contributed by atoms with Crippen molar-refractivity contribution < 1.29 is 4.39 Å². The van der Waals surface area contributed by atoms with Crippen LogP contribution < -0.4 is 5.32 Å². The maximum absolute atomic E-state index is 13.2. The van der Waals surface area contributed by atoms with Gasteiger partial charge in [0.2, 0.25) is 0 Å². The van der Waals surface area contributed by atoms with Gasteiger partial charge >= 0.3 is 0 Å². The molecule has 1 aromatic carbocycles. The summed E-state index contributed by atoms with van der Waals surface area (Å²) in [5, 5.41) is 4.09. The van der Waals surface area contributed by atoms with Crippen molar-refractivity contribution in [2.75, 3.05) is 0 Å². The van der Waals surface area contributed by atoms with E-state index >= 15 is 0 Å². The summed E-state index contributed by atoms with van der Waals surface area (Å²) in [6, 6.07) is 5.48. The molecule has 0 aromatic heterocycles. The largest absolute Gasteiger partial charge is 0.309 e. The lowest BCUT2D eigenvalue weighted by Crippen LogP contribution is -2.22. The van der Waals surface area contributed by atoms with Crippen LogP contribution in [0.4, 0.5) is 4.39 Å². The molecule has 0 saturated heterocycles. The predicted octanol–water partition coefficient (Wildman–Crippen LogP) is 3.61. The van der Waals surface area contributed by atoms with E-state index < -0.39 is 0 Å². The topological polar surface area (TPSA) is 12.0 Å². The van der Waals surface area contributed by atoms with E-state index in [0.717, 1.165) is 35.8 Å². The molecule has 3 fully saturated rings. The fraction of sp³-hybridized carbons (Fsp3) is 0.600. The van der Waals surface area contributed by atoms with E-state index in [1.807, 2.05) is 6.07 Å². The van der Waals surface area contributed by atoms with Crippen LogP contribution in [0.3, 0.4) is 0 Å². The van der Waals surface area contributed by atoms with Gasteiger partial charge in [0.1, 0.15) is 5.82 Å². The number of hydrogen-bond acceptors (Lipinski definition) is 1. The standard InChI is InChI=1S/C15H17ClFN/c16-11-3-8(4-12(17)6-11)7-18-15-13-9-1-2-10(5-9)14(13)15/h3-4,6,9-10,13-15,18H,1-2,5,7H2. The molecule has 0 heterocycles. The van der Waals surface area contributed by atoms with Crippen LogP contribution in [0.2, 0.25) is 5.02 Å². The Morgan fingerprint density at radius 3 is 2.56 bits per heavy atom. The van der Waals surface area contributed by atoms with Crippen molar-refractivity contribution in [3.8, 4) is 0 Å². The van der Waals surface area contributed by atoms with Crippen LogP contribution in [-0.2, 0) is 6.54 Å². The zero-order valence-corrected chi connectivity index (χ0v) is 11.0. The normalized spacial score (nSPS) is 40.0. The number of rotatable bonds is 3. The third-order valence-electron chi connectivity index (χ3n) is 5.20. The first-order valence-corrected chi connectivity index (χ1v) is 7.28. The Morgan fingerprint density at radius 2 is 1.89 bits per heavy atom. The third kappa shape index (κ3) is 1.70. The average Bonchev–Trinajstić information content (AvgIpc) is 2.71. The van der Waals surface area contributed by atoms with Gasteiger partial charge in [-0.1, -0.05) is 11.6 Å². The predicted molar refractivity (Wildman–Crippen MR) is 69.8 cm³/mol. The molecule has 0 radical (unpaired) electrons. The zero-order valence-electron chi connectivity index (χ0n) is 10.2. The van der Waals surface area contributed by atoms with E-state index in [1.165, 1.54) is 25.3 Å². The quantitative estimate of drug-likeness (QED) is 0.880. The first kappa shape index (κ1) is 11.2. The molecule has 3 aliphatic carbocycles. The number of hydrogen-bond donors (Lipinski definition) is 1. The van der Waals surface area contributed by atoms with Gasteiger partial charge in [-0.3, -0.25) is 0 Å². The molecule has 3 heteroatoms. The molecule has 18 heavy (non-hydrogen) atoms. The van der Waals surface area contributed by atoms with E-state index in [0.29, 0.717) is 11.1 Å². The molecule has 4 unspecified atom stereocenters. The number of fused-ring (bicyclic) bond motifs is 5. The highest BCUT2D eigenvalue weighted by Crippen LogP contribution is 2.65. The molecule has 96 valence electrons. The minimum atomic E-state index is -0.240. The first-order chi connectivity index (χ1) is 8.72. The van der Waals surface area contributed by atoms with Crippen LogP contribution in [0.5, 0.6) is 0 Å². The summed E-state index contributed by atoms with van der Waals surface area (Å²) in [4.78, 5) is 0. The molecule has 3 saturated carbocycles. The summed E-state index contributed by atoms with van der Waals surface area (Å²) in [5.74, 6) is 3.57. The maximum Gasteiger partial charge on any atom is 0.125 e. The second kappa shape index (κ2) is 3.94. The van der Waals surface area contributed by atoms with Gasteiger partial charge in [0.05, 0.1) is 0 Å². The van der Waals surface area contributed by atoms with E-state index in [4.69, 9.17) is 11.6 Å². The second-order valence-corrected chi connectivity index (χ2v) is 6.61. The zero-order chi connectivity index (χ0) is 12.3. The summed E-state index contributed by atoms with van der Waals surface area (Å²) in [6.07, 6.45) is 4.35. The highest BCUT2D eigenvalue weighted by atomic mass is 35.5. The minimum absolute atomic E-state index is 0.240. The molecule has 4 rings (SSSR count). The summed E-state index contributed by atoms with van der Waals surface area (Å²) < 4.78 is 13.2. The van der Waals surface area contributed by atoms with Gasteiger partial charge in [-0.05, 0) is 66.7 Å². The Balaban J connectivity index is 1.40. The SMILES string of the molecule is Fc1cc(Cl)cc(CNC2C3C4CCC(C4)C23)c1. The van der Waals surface area contributed by atoms with Gasteiger partial charge in [-0.15, -0.1) is 0 Å². The Bertz CT molecular complexity index is 453. The molecule has 3 aliphatic rings. The van der Waals surface area contributed by atoms with E-state index in [1.54, 1.807) is 6.07 Å². The smallest absolute Gasteiger partial charge is 0.125 e. The van der Waals surface area contributed by atoms with Gasteiger partial charge in [0, 0.05) is 17.6 Å². The van der Waals surface area contributed by atoms with Crippen molar-refractivity contribution in [1.29, 1.82) is 0 Å². The lowest BCUT2D eigenvalue weighted by molar-refractivity contribution is 0.456. The van der Waals surface area contributed by atoms with Crippen LogP contribution in [0.1, 0.15) is 24.8 Å². The van der Waals surface area contributed by atoms with Gasteiger partial charge in [0.25, 0.3) is 0 Å². The Labute approximate surface area is 112 Å². The Hall–Kier alpha value is -0.600. The molecular weight excluding hydrogens is 249 g/mol. The highest BCUT2D eigenvalue weighted by Gasteiger charge is 2.64. The van der Waals surface area contributed by atoms with Gasteiger partial charge in [-0.2, -0.15) is 0 Å². The Kier molecular flexibility index (Phi) is 2.46. The van der Waals surface area contributed by atoms with Crippen LogP contribution in [0.15, 0.2) is 18.2 Å². The average molecular weight is 266 g/mol. The lowest BCUT2D eigenvalue weighted by Gasteiger charge is -2.10. The molecule has 0 aliphatic heterocycles. The van der Waals surface area contributed by atoms with Crippen molar-refractivity contribution in [3.05, 3.63) is 34.6 Å². The fourth-order valence-electron chi connectivity index (χ4n) is 4.55. The fourth-order valence-corrected chi connectivity index (χ4v) is 4.79. The van der Waals surface area contributed by atoms with Crippen molar-refractivity contribution in [2.24, 2.45) is 23.7 Å². The third-order valence-corrected chi connectivity index (χ3v) is 5.42. The van der Waals surface area contributed by atoms with Crippen LogP contribution in [-0.4, -0.2) is 6.04 Å². The maximum atomic E-state index is 13.2. The molecule has 0 amide bonds. The van der Waals surface area contributed by atoms with E-state index in [-0.39, 0.29) is 5.82 Å². The van der Waals surface area contributed by atoms with Crippen molar-refractivity contribution in [3.63, 3.8) is 0 Å². The lowest BCUT2D eigenvalue weighted by atomic mass is 10.0. The van der Waals surface area contributed by atoms with Crippen molar-refractivity contribution in [1.82, 2.24) is 5.32 Å². The molecule has 4 atom stereocenters. The van der Waals surface area contributed by atoms with E-state index in [2.05, 4.69) is 5.32 Å².